The number of benzene rings is 1. The number of anilines is 1. The first kappa shape index (κ1) is 14.6. The van der Waals surface area contributed by atoms with Crippen LogP contribution in [0, 0.1) is 15.5 Å². The molecule has 8 heteroatoms. The van der Waals surface area contributed by atoms with Crippen molar-refractivity contribution in [3.05, 3.63) is 33.9 Å². The summed E-state index contributed by atoms with van der Waals surface area (Å²) in [6.07, 6.45) is -3.17. The van der Waals surface area contributed by atoms with Gasteiger partial charge in [-0.1, -0.05) is 0 Å². The van der Waals surface area contributed by atoms with Gasteiger partial charge >= 0.3 is 6.18 Å². The fraction of sp³-hybridized carbons (Fsp3) is 0.500. The third-order valence-corrected chi connectivity index (χ3v) is 3.47. The number of hydrogen-bond donors (Lipinski definition) is 2. The van der Waals surface area contributed by atoms with Crippen LogP contribution in [0.1, 0.15) is 18.4 Å². The van der Waals surface area contributed by atoms with Crippen molar-refractivity contribution in [3.8, 4) is 0 Å². The maximum Gasteiger partial charge on any atom is 0.418 e. The number of nitro groups is 1. The van der Waals surface area contributed by atoms with Gasteiger partial charge in [-0.2, -0.15) is 13.2 Å². The summed E-state index contributed by atoms with van der Waals surface area (Å²) in [6, 6.07) is 2.59. The van der Waals surface area contributed by atoms with Crippen molar-refractivity contribution < 1.29 is 23.2 Å². The predicted octanol–water partition coefficient (Wildman–Crippen LogP) is 2.80. The highest BCUT2D eigenvalue weighted by Crippen LogP contribution is 2.45. The van der Waals surface area contributed by atoms with E-state index >= 15 is 0 Å². The van der Waals surface area contributed by atoms with Gasteiger partial charge in [-0.05, 0) is 18.9 Å². The Balaban J connectivity index is 2.25. The number of rotatable bonds is 5. The minimum atomic E-state index is -4.68. The normalized spacial score (nSPS) is 16.8. The topological polar surface area (TPSA) is 75.4 Å². The summed E-state index contributed by atoms with van der Waals surface area (Å²) in [6.45, 7) is 0.124. The van der Waals surface area contributed by atoms with E-state index in [-0.39, 0.29) is 24.3 Å². The van der Waals surface area contributed by atoms with Crippen LogP contribution < -0.4 is 5.32 Å². The number of alkyl halides is 3. The van der Waals surface area contributed by atoms with Gasteiger partial charge < -0.3 is 10.4 Å². The molecule has 1 aromatic carbocycles. The van der Waals surface area contributed by atoms with Crippen molar-refractivity contribution in [1.82, 2.24) is 0 Å². The van der Waals surface area contributed by atoms with Crippen LogP contribution in [0.4, 0.5) is 24.5 Å². The van der Waals surface area contributed by atoms with E-state index in [2.05, 4.69) is 5.32 Å². The molecular formula is C12H13F3N2O3. The number of hydrogen-bond acceptors (Lipinski definition) is 4. The fourth-order valence-electron chi connectivity index (χ4n) is 1.88. The maximum absolute atomic E-state index is 12.9. The van der Waals surface area contributed by atoms with Crippen LogP contribution in [0.15, 0.2) is 18.2 Å². The Morgan fingerprint density at radius 1 is 1.40 bits per heavy atom. The molecule has 0 unspecified atom stereocenters. The van der Waals surface area contributed by atoms with E-state index in [1.807, 2.05) is 0 Å². The first-order valence-electron chi connectivity index (χ1n) is 5.98. The van der Waals surface area contributed by atoms with Crippen molar-refractivity contribution >= 4 is 11.4 Å². The molecule has 0 heterocycles. The van der Waals surface area contributed by atoms with Crippen LogP contribution >= 0.6 is 0 Å². The molecule has 20 heavy (non-hydrogen) atoms. The van der Waals surface area contributed by atoms with Crippen molar-refractivity contribution in [2.45, 2.75) is 19.0 Å². The highest BCUT2D eigenvalue weighted by atomic mass is 19.4. The van der Waals surface area contributed by atoms with Crippen molar-refractivity contribution in [2.24, 2.45) is 5.41 Å². The van der Waals surface area contributed by atoms with Gasteiger partial charge in [0.05, 0.1) is 17.1 Å². The van der Waals surface area contributed by atoms with E-state index < -0.39 is 22.4 Å². The molecule has 0 saturated heterocycles. The summed E-state index contributed by atoms with van der Waals surface area (Å²) >= 11 is 0. The minimum Gasteiger partial charge on any atom is -0.396 e. The molecule has 0 amide bonds. The standard InChI is InChI=1S/C12H13F3N2O3/c13-12(14,15)9-5-8(17(19)20)1-2-10(9)16-6-11(7-18)3-4-11/h1-2,5,16,18H,3-4,6-7H2. The lowest BCUT2D eigenvalue weighted by molar-refractivity contribution is -0.385. The Labute approximate surface area is 112 Å². The van der Waals surface area contributed by atoms with Gasteiger partial charge in [0.2, 0.25) is 0 Å². The SMILES string of the molecule is O=[N+]([O-])c1ccc(NCC2(CO)CC2)c(C(F)(F)F)c1. The van der Waals surface area contributed by atoms with Gasteiger partial charge in [-0.25, -0.2) is 0 Å². The summed E-state index contributed by atoms with van der Waals surface area (Å²) in [4.78, 5) is 9.68. The molecule has 1 fully saturated rings. The summed E-state index contributed by atoms with van der Waals surface area (Å²) in [7, 11) is 0. The molecule has 0 bridgehead atoms. The number of aliphatic hydroxyl groups is 1. The zero-order chi connectivity index (χ0) is 15.0. The average molecular weight is 290 g/mol. The van der Waals surface area contributed by atoms with E-state index in [1.165, 1.54) is 0 Å². The van der Waals surface area contributed by atoms with E-state index in [0.29, 0.717) is 6.07 Å². The molecule has 2 N–H and O–H groups in total. The average Bonchev–Trinajstić information content (AvgIpc) is 3.15. The van der Waals surface area contributed by atoms with Gasteiger partial charge in [0.25, 0.3) is 5.69 Å². The molecule has 110 valence electrons. The Morgan fingerprint density at radius 2 is 2.05 bits per heavy atom. The van der Waals surface area contributed by atoms with Crippen LogP contribution in [0.25, 0.3) is 0 Å². The molecule has 0 radical (unpaired) electrons. The van der Waals surface area contributed by atoms with Crippen LogP contribution in [-0.2, 0) is 6.18 Å². The molecule has 1 saturated carbocycles. The highest BCUT2D eigenvalue weighted by molar-refractivity contribution is 5.57. The van der Waals surface area contributed by atoms with Crippen LogP contribution in [-0.4, -0.2) is 23.2 Å². The van der Waals surface area contributed by atoms with Gasteiger partial charge in [0.15, 0.2) is 0 Å². The Kier molecular flexibility index (Phi) is 3.59. The van der Waals surface area contributed by atoms with Crippen LogP contribution in [0.5, 0.6) is 0 Å². The Morgan fingerprint density at radius 3 is 2.50 bits per heavy atom. The lowest BCUT2D eigenvalue weighted by atomic mass is 10.1. The second-order valence-electron chi connectivity index (χ2n) is 5.00. The number of halogens is 3. The van der Waals surface area contributed by atoms with E-state index in [0.717, 1.165) is 25.0 Å². The first-order valence-corrected chi connectivity index (χ1v) is 5.98. The lowest BCUT2D eigenvalue weighted by Gasteiger charge is -2.17. The van der Waals surface area contributed by atoms with Crippen LogP contribution in [0.3, 0.4) is 0 Å². The third kappa shape index (κ3) is 3.01. The number of aliphatic hydroxyl groups excluding tert-OH is 1. The fourth-order valence-corrected chi connectivity index (χ4v) is 1.88. The lowest BCUT2D eigenvalue weighted by Crippen LogP contribution is -2.21. The summed E-state index contributed by atoms with van der Waals surface area (Å²) in [5, 5.41) is 22.3. The van der Waals surface area contributed by atoms with Crippen molar-refractivity contribution in [3.63, 3.8) is 0 Å². The van der Waals surface area contributed by atoms with E-state index in [4.69, 9.17) is 5.11 Å². The molecular weight excluding hydrogens is 277 g/mol. The Hall–Kier alpha value is -1.83. The number of nitro benzene ring substituents is 1. The maximum atomic E-state index is 12.9. The van der Waals surface area contributed by atoms with Gasteiger partial charge in [-0.15, -0.1) is 0 Å². The van der Waals surface area contributed by atoms with E-state index in [1.54, 1.807) is 0 Å². The first-order chi connectivity index (χ1) is 9.27. The smallest absolute Gasteiger partial charge is 0.396 e. The third-order valence-electron chi connectivity index (χ3n) is 3.47. The van der Waals surface area contributed by atoms with Gasteiger partial charge in [-0.3, -0.25) is 10.1 Å². The number of nitrogens with one attached hydrogen (secondary N) is 1. The number of nitrogens with zero attached hydrogens (tertiary/aromatic N) is 1. The summed E-state index contributed by atoms with van der Waals surface area (Å²) in [5.74, 6) is 0. The minimum absolute atomic E-state index is 0.0890. The van der Waals surface area contributed by atoms with Crippen LogP contribution in [0.2, 0.25) is 0 Å². The molecule has 2 rings (SSSR count). The zero-order valence-electron chi connectivity index (χ0n) is 10.4. The predicted molar refractivity (Wildman–Crippen MR) is 65.3 cm³/mol. The van der Waals surface area contributed by atoms with Crippen molar-refractivity contribution in [1.29, 1.82) is 0 Å². The molecule has 0 aromatic heterocycles. The second kappa shape index (κ2) is 4.93. The largest absolute Gasteiger partial charge is 0.418 e. The second-order valence-corrected chi connectivity index (χ2v) is 5.00. The highest BCUT2D eigenvalue weighted by Gasteiger charge is 2.42. The molecule has 1 aliphatic rings. The number of non-ortho nitro benzene ring substituents is 1. The quantitative estimate of drug-likeness (QED) is 0.646. The summed E-state index contributed by atoms with van der Waals surface area (Å²) in [5.41, 5.74) is -2.24. The van der Waals surface area contributed by atoms with Gasteiger partial charge in [0, 0.05) is 29.8 Å². The molecule has 1 aromatic rings. The molecule has 0 aliphatic heterocycles. The Bertz CT molecular complexity index is 527. The van der Waals surface area contributed by atoms with Gasteiger partial charge in [0.1, 0.15) is 0 Å². The molecule has 5 nitrogen and oxygen atoms in total. The zero-order valence-corrected chi connectivity index (χ0v) is 10.4. The molecule has 1 aliphatic carbocycles. The molecule has 0 atom stereocenters. The van der Waals surface area contributed by atoms with E-state index in [9.17, 15) is 23.3 Å². The molecule has 0 spiro atoms. The summed E-state index contributed by atoms with van der Waals surface area (Å²) < 4.78 is 38.7. The van der Waals surface area contributed by atoms with Crippen molar-refractivity contribution in [2.75, 3.05) is 18.5 Å². The monoisotopic (exact) mass is 290 g/mol.